The summed E-state index contributed by atoms with van der Waals surface area (Å²) < 4.78 is 5.36. The molecule has 0 aliphatic rings. The molecule has 0 aromatic heterocycles. The van der Waals surface area contributed by atoms with Gasteiger partial charge in [0.15, 0.2) is 0 Å². The van der Waals surface area contributed by atoms with Gasteiger partial charge in [-0.3, -0.25) is 4.79 Å². The molecule has 0 fully saturated rings. The van der Waals surface area contributed by atoms with Crippen molar-refractivity contribution in [1.82, 2.24) is 5.32 Å². The first-order valence-corrected chi connectivity index (χ1v) is 6.97. The molecular formula is C18H18N2O2. The van der Waals surface area contributed by atoms with Crippen LogP contribution in [0.3, 0.4) is 0 Å². The number of amides is 1. The quantitative estimate of drug-likeness (QED) is 0.942. The van der Waals surface area contributed by atoms with Gasteiger partial charge in [0.05, 0.1) is 18.7 Å². The van der Waals surface area contributed by atoms with Crippen molar-refractivity contribution in [3.8, 4) is 11.8 Å². The second-order valence-electron chi connectivity index (χ2n) is 5.12. The molecule has 22 heavy (non-hydrogen) atoms. The zero-order chi connectivity index (χ0) is 16.1. The third-order valence-electron chi connectivity index (χ3n) is 3.59. The average Bonchev–Trinajstić information content (AvgIpc) is 2.55. The van der Waals surface area contributed by atoms with E-state index in [1.54, 1.807) is 31.4 Å². The first-order chi connectivity index (χ1) is 10.5. The predicted octanol–water partition coefficient (Wildman–Crippen LogP) is 3.11. The number of nitriles is 1. The maximum Gasteiger partial charge on any atom is 0.251 e. The van der Waals surface area contributed by atoms with Crippen molar-refractivity contribution >= 4 is 5.91 Å². The Balaban J connectivity index is 2.14. The number of hydrogen-bond acceptors (Lipinski definition) is 3. The summed E-state index contributed by atoms with van der Waals surface area (Å²) in [5, 5.41) is 11.7. The van der Waals surface area contributed by atoms with Gasteiger partial charge in [0, 0.05) is 17.7 Å². The van der Waals surface area contributed by atoms with Gasteiger partial charge in [-0.15, -0.1) is 0 Å². The Kier molecular flexibility index (Phi) is 4.80. The number of aryl methyl sites for hydroxylation is 2. The van der Waals surface area contributed by atoms with Crippen molar-refractivity contribution < 1.29 is 9.53 Å². The highest BCUT2D eigenvalue weighted by Crippen LogP contribution is 2.23. The van der Waals surface area contributed by atoms with Crippen LogP contribution in [0, 0.1) is 25.2 Å². The van der Waals surface area contributed by atoms with Crippen LogP contribution in [-0.2, 0) is 6.54 Å². The third kappa shape index (κ3) is 3.44. The van der Waals surface area contributed by atoms with Crippen LogP contribution in [0.1, 0.15) is 32.6 Å². The fourth-order valence-electron chi connectivity index (χ4n) is 2.19. The summed E-state index contributed by atoms with van der Waals surface area (Å²) in [5.74, 6) is 0.548. The van der Waals surface area contributed by atoms with E-state index in [2.05, 4.69) is 5.32 Å². The molecule has 0 saturated heterocycles. The Morgan fingerprint density at radius 2 is 1.95 bits per heavy atom. The lowest BCUT2D eigenvalue weighted by molar-refractivity contribution is 0.0950. The third-order valence-corrected chi connectivity index (χ3v) is 3.59. The molecule has 0 radical (unpaired) electrons. The van der Waals surface area contributed by atoms with Crippen molar-refractivity contribution in [3.05, 3.63) is 64.2 Å². The molecule has 4 nitrogen and oxygen atoms in total. The van der Waals surface area contributed by atoms with Crippen molar-refractivity contribution in [3.63, 3.8) is 0 Å². The van der Waals surface area contributed by atoms with Crippen LogP contribution >= 0.6 is 0 Å². The first-order valence-electron chi connectivity index (χ1n) is 6.97. The van der Waals surface area contributed by atoms with Gasteiger partial charge in [-0.25, -0.2) is 0 Å². The Labute approximate surface area is 130 Å². The van der Waals surface area contributed by atoms with Crippen molar-refractivity contribution in [2.45, 2.75) is 20.4 Å². The summed E-state index contributed by atoms with van der Waals surface area (Å²) >= 11 is 0. The second-order valence-corrected chi connectivity index (χ2v) is 5.12. The lowest BCUT2D eigenvalue weighted by Gasteiger charge is -2.12. The van der Waals surface area contributed by atoms with E-state index < -0.39 is 0 Å². The van der Waals surface area contributed by atoms with E-state index in [-0.39, 0.29) is 5.91 Å². The molecule has 112 valence electrons. The standard InChI is InChI=1S/C18H18N2O2/c1-12-7-16(17(22-3)8-13(12)2)11-20-18(21)15-6-4-5-14(9-15)10-19/h4-9H,11H2,1-3H3,(H,20,21). The largest absolute Gasteiger partial charge is 0.496 e. The van der Waals surface area contributed by atoms with Gasteiger partial charge in [0.2, 0.25) is 0 Å². The van der Waals surface area contributed by atoms with E-state index in [4.69, 9.17) is 10.00 Å². The van der Waals surface area contributed by atoms with Gasteiger partial charge < -0.3 is 10.1 Å². The van der Waals surface area contributed by atoms with Crippen LogP contribution in [0.25, 0.3) is 0 Å². The summed E-state index contributed by atoms with van der Waals surface area (Å²) in [5.41, 5.74) is 4.17. The van der Waals surface area contributed by atoms with Crippen LogP contribution < -0.4 is 10.1 Å². The van der Waals surface area contributed by atoms with E-state index >= 15 is 0 Å². The molecular weight excluding hydrogens is 276 g/mol. The van der Waals surface area contributed by atoms with Crippen LogP contribution in [-0.4, -0.2) is 13.0 Å². The Bertz CT molecular complexity index is 745. The number of nitrogens with one attached hydrogen (secondary N) is 1. The summed E-state index contributed by atoms with van der Waals surface area (Å²) in [6.45, 7) is 4.42. The molecule has 0 aliphatic heterocycles. The molecule has 4 heteroatoms. The number of nitrogens with zero attached hydrogens (tertiary/aromatic N) is 1. The van der Waals surface area contributed by atoms with Crippen molar-refractivity contribution in [1.29, 1.82) is 5.26 Å². The zero-order valence-electron chi connectivity index (χ0n) is 12.9. The molecule has 0 saturated carbocycles. The molecule has 1 N–H and O–H groups in total. The molecule has 0 atom stereocenters. The summed E-state index contributed by atoms with van der Waals surface area (Å²) in [4.78, 5) is 12.2. The summed E-state index contributed by atoms with van der Waals surface area (Å²) in [6.07, 6.45) is 0. The monoisotopic (exact) mass is 294 g/mol. The fraction of sp³-hybridized carbons (Fsp3) is 0.222. The first kappa shape index (κ1) is 15.6. The van der Waals surface area contributed by atoms with Gasteiger partial charge >= 0.3 is 0 Å². The van der Waals surface area contributed by atoms with Gasteiger partial charge in [-0.1, -0.05) is 12.1 Å². The van der Waals surface area contributed by atoms with E-state index in [0.717, 1.165) is 22.4 Å². The van der Waals surface area contributed by atoms with E-state index in [0.29, 0.717) is 17.7 Å². The van der Waals surface area contributed by atoms with Crippen LogP contribution in [0.15, 0.2) is 36.4 Å². The summed E-state index contributed by atoms with van der Waals surface area (Å²) in [6, 6.07) is 12.6. The zero-order valence-corrected chi connectivity index (χ0v) is 12.9. The maximum atomic E-state index is 12.2. The molecule has 2 rings (SSSR count). The highest BCUT2D eigenvalue weighted by molar-refractivity contribution is 5.94. The minimum atomic E-state index is -0.211. The molecule has 2 aromatic rings. The van der Waals surface area contributed by atoms with Crippen LogP contribution in [0.5, 0.6) is 5.75 Å². The van der Waals surface area contributed by atoms with Gasteiger partial charge in [0.1, 0.15) is 5.75 Å². The predicted molar refractivity (Wildman–Crippen MR) is 84.8 cm³/mol. The molecule has 0 spiro atoms. The summed E-state index contributed by atoms with van der Waals surface area (Å²) in [7, 11) is 1.62. The minimum Gasteiger partial charge on any atom is -0.496 e. The number of carbonyl (C=O) groups is 1. The van der Waals surface area contributed by atoms with Crippen LogP contribution in [0.2, 0.25) is 0 Å². The fourth-order valence-corrected chi connectivity index (χ4v) is 2.19. The van der Waals surface area contributed by atoms with Gasteiger partial charge in [-0.05, 0) is 49.2 Å². The number of carbonyl (C=O) groups excluding carboxylic acids is 1. The number of rotatable bonds is 4. The molecule has 2 aromatic carbocycles. The normalized spacial score (nSPS) is 9.91. The molecule has 1 amide bonds. The molecule has 0 unspecified atom stereocenters. The Morgan fingerprint density at radius 1 is 1.23 bits per heavy atom. The van der Waals surface area contributed by atoms with Gasteiger partial charge in [-0.2, -0.15) is 5.26 Å². The van der Waals surface area contributed by atoms with E-state index in [1.807, 2.05) is 32.0 Å². The topological polar surface area (TPSA) is 62.1 Å². The average molecular weight is 294 g/mol. The molecule has 0 bridgehead atoms. The van der Waals surface area contributed by atoms with Crippen molar-refractivity contribution in [2.24, 2.45) is 0 Å². The van der Waals surface area contributed by atoms with Crippen LogP contribution in [0.4, 0.5) is 0 Å². The molecule has 0 aliphatic carbocycles. The number of hydrogen-bond donors (Lipinski definition) is 1. The number of benzene rings is 2. The second kappa shape index (κ2) is 6.77. The van der Waals surface area contributed by atoms with Gasteiger partial charge in [0.25, 0.3) is 5.91 Å². The smallest absolute Gasteiger partial charge is 0.251 e. The highest BCUT2D eigenvalue weighted by atomic mass is 16.5. The van der Waals surface area contributed by atoms with Crippen molar-refractivity contribution in [2.75, 3.05) is 7.11 Å². The number of methoxy groups -OCH3 is 1. The van der Waals surface area contributed by atoms with E-state index in [9.17, 15) is 4.79 Å². The highest BCUT2D eigenvalue weighted by Gasteiger charge is 2.10. The lowest BCUT2D eigenvalue weighted by atomic mass is 10.0. The maximum absolute atomic E-state index is 12.2. The Hall–Kier alpha value is -2.80. The minimum absolute atomic E-state index is 0.211. The Morgan fingerprint density at radius 3 is 2.64 bits per heavy atom. The SMILES string of the molecule is COc1cc(C)c(C)cc1CNC(=O)c1cccc(C#N)c1. The number of ether oxygens (including phenoxy) is 1. The molecule has 0 heterocycles. The lowest BCUT2D eigenvalue weighted by Crippen LogP contribution is -2.23. The van der Waals surface area contributed by atoms with E-state index in [1.165, 1.54) is 0 Å².